The number of carbonyl (C=O) groups excluding carboxylic acids is 1. The lowest BCUT2D eigenvalue weighted by molar-refractivity contribution is -0.118. The summed E-state index contributed by atoms with van der Waals surface area (Å²) in [5.41, 5.74) is 3.02. The summed E-state index contributed by atoms with van der Waals surface area (Å²) in [6.07, 6.45) is 0.805. The number of hydrogen-bond acceptors (Lipinski definition) is 3. The molecule has 1 heterocycles. The molecule has 1 amide bonds. The third-order valence-electron chi connectivity index (χ3n) is 3.55. The van der Waals surface area contributed by atoms with Crippen molar-refractivity contribution in [2.75, 3.05) is 18.5 Å². The number of nitrogens with zero attached hydrogens (tertiary/aromatic N) is 1. The van der Waals surface area contributed by atoms with Gasteiger partial charge in [0, 0.05) is 31.7 Å². The number of nitrogens with one attached hydrogen (secondary N) is 1. The summed E-state index contributed by atoms with van der Waals surface area (Å²) in [4.78, 5) is 13.3. The van der Waals surface area contributed by atoms with Gasteiger partial charge < -0.3 is 15.3 Å². The molecule has 0 aromatic heterocycles. The van der Waals surface area contributed by atoms with Crippen molar-refractivity contribution in [2.24, 2.45) is 0 Å². The van der Waals surface area contributed by atoms with Crippen LogP contribution in [0.3, 0.4) is 0 Å². The topological polar surface area (TPSA) is 52.6 Å². The third kappa shape index (κ3) is 3.14. The van der Waals surface area contributed by atoms with E-state index in [4.69, 9.17) is 0 Å². The SMILES string of the molecule is CC(C)NCC(O)c1ccc2c(c1)CCC(=O)N2C. The van der Waals surface area contributed by atoms with Gasteiger partial charge in [-0.2, -0.15) is 0 Å². The third-order valence-corrected chi connectivity index (χ3v) is 3.55. The summed E-state index contributed by atoms with van der Waals surface area (Å²) in [6, 6.07) is 6.21. The van der Waals surface area contributed by atoms with Gasteiger partial charge in [-0.15, -0.1) is 0 Å². The van der Waals surface area contributed by atoms with Gasteiger partial charge in [-0.1, -0.05) is 26.0 Å². The number of fused-ring (bicyclic) bond motifs is 1. The van der Waals surface area contributed by atoms with Gasteiger partial charge in [0.2, 0.25) is 5.91 Å². The number of amides is 1. The summed E-state index contributed by atoms with van der Waals surface area (Å²) in [5, 5.41) is 13.4. The van der Waals surface area contributed by atoms with Crippen LogP contribution >= 0.6 is 0 Å². The van der Waals surface area contributed by atoms with Gasteiger partial charge in [0.1, 0.15) is 0 Å². The van der Waals surface area contributed by atoms with E-state index in [1.165, 1.54) is 0 Å². The van der Waals surface area contributed by atoms with E-state index in [0.29, 0.717) is 19.0 Å². The molecule has 1 unspecified atom stereocenters. The second kappa shape index (κ2) is 5.72. The van der Waals surface area contributed by atoms with Crippen molar-refractivity contribution in [3.8, 4) is 0 Å². The van der Waals surface area contributed by atoms with Gasteiger partial charge in [0.05, 0.1) is 6.10 Å². The number of carbonyl (C=O) groups is 1. The van der Waals surface area contributed by atoms with Crippen molar-refractivity contribution in [3.63, 3.8) is 0 Å². The Balaban J connectivity index is 2.15. The van der Waals surface area contributed by atoms with Gasteiger partial charge in [-0.05, 0) is 23.6 Å². The number of aliphatic hydroxyl groups is 1. The molecule has 0 saturated heterocycles. The first-order chi connectivity index (χ1) is 8.99. The van der Waals surface area contributed by atoms with Crippen molar-refractivity contribution in [1.29, 1.82) is 0 Å². The number of anilines is 1. The highest BCUT2D eigenvalue weighted by Crippen LogP contribution is 2.29. The quantitative estimate of drug-likeness (QED) is 0.867. The Bertz CT molecular complexity index is 471. The molecule has 0 spiro atoms. The van der Waals surface area contributed by atoms with Crippen LogP contribution in [0.4, 0.5) is 5.69 Å². The zero-order valence-electron chi connectivity index (χ0n) is 11.8. The Hall–Kier alpha value is -1.39. The lowest BCUT2D eigenvalue weighted by Crippen LogP contribution is -2.31. The van der Waals surface area contributed by atoms with E-state index >= 15 is 0 Å². The predicted molar refractivity (Wildman–Crippen MR) is 76.3 cm³/mol. The lowest BCUT2D eigenvalue weighted by atomic mass is 9.97. The van der Waals surface area contributed by atoms with Gasteiger partial charge >= 0.3 is 0 Å². The Morgan fingerprint density at radius 2 is 2.11 bits per heavy atom. The smallest absolute Gasteiger partial charge is 0.227 e. The number of rotatable bonds is 4. The molecule has 0 fully saturated rings. The molecule has 4 nitrogen and oxygen atoms in total. The van der Waals surface area contributed by atoms with Crippen LogP contribution in [0.25, 0.3) is 0 Å². The molecule has 0 saturated carbocycles. The van der Waals surface area contributed by atoms with Crippen LogP contribution in [-0.4, -0.2) is 30.6 Å². The molecule has 1 aliphatic heterocycles. The van der Waals surface area contributed by atoms with Crippen molar-refractivity contribution in [3.05, 3.63) is 29.3 Å². The van der Waals surface area contributed by atoms with Crippen LogP contribution in [-0.2, 0) is 11.2 Å². The van der Waals surface area contributed by atoms with Crippen LogP contribution in [0.2, 0.25) is 0 Å². The van der Waals surface area contributed by atoms with Crippen molar-refractivity contribution < 1.29 is 9.90 Å². The molecule has 0 bridgehead atoms. The summed E-state index contributed by atoms with van der Waals surface area (Å²) in [7, 11) is 1.80. The number of aliphatic hydroxyl groups excluding tert-OH is 1. The molecule has 19 heavy (non-hydrogen) atoms. The summed E-state index contributed by atoms with van der Waals surface area (Å²) in [5.74, 6) is 0.155. The normalized spacial score (nSPS) is 16.7. The Morgan fingerprint density at radius 1 is 1.37 bits per heavy atom. The van der Waals surface area contributed by atoms with Crippen LogP contribution in [0.1, 0.15) is 37.5 Å². The molecule has 4 heteroatoms. The van der Waals surface area contributed by atoms with Gasteiger partial charge in [0.25, 0.3) is 0 Å². The van der Waals surface area contributed by atoms with E-state index in [9.17, 15) is 9.90 Å². The van der Waals surface area contributed by atoms with Crippen LogP contribution in [0.15, 0.2) is 18.2 Å². The number of aryl methyl sites for hydroxylation is 1. The molecular formula is C15H22N2O2. The molecule has 1 aromatic rings. The van der Waals surface area contributed by atoms with Gasteiger partial charge in [0.15, 0.2) is 0 Å². The fourth-order valence-electron chi connectivity index (χ4n) is 2.35. The lowest BCUT2D eigenvalue weighted by Gasteiger charge is -2.26. The van der Waals surface area contributed by atoms with Crippen molar-refractivity contribution >= 4 is 11.6 Å². The minimum absolute atomic E-state index is 0.155. The van der Waals surface area contributed by atoms with E-state index in [0.717, 1.165) is 23.2 Å². The molecule has 2 rings (SSSR count). The van der Waals surface area contributed by atoms with Crippen molar-refractivity contribution in [2.45, 2.75) is 38.8 Å². The highest BCUT2D eigenvalue weighted by Gasteiger charge is 2.21. The zero-order valence-corrected chi connectivity index (χ0v) is 11.8. The summed E-state index contributed by atoms with van der Waals surface area (Å²) < 4.78 is 0. The molecule has 104 valence electrons. The maximum absolute atomic E-state index is 11.6. The molecule has 1 atom stereocenters. The first-order valence-electron chi connectivity index (χ1n) is 6.80. The number of benzene rings is 1. The maximum Gasteiger partial charge on any atom is 0.227 e. The summed E-state index contributed by atoms with van der Waals surface area (Å²) in [6.45, 7) is 4.66. The Morgan fingerprint density at radius 3 is 2.79 bits per heavy atom. The molecule has 1 aliphatic rings. The van der Waals surface area contributed by atoms with Crippen molar-refractivity contribution in [1.82, 2.24) is 5.32 Å². The Kier molecular flexibility index (Phi) is 4.22. The zero-order chi connectivity index (χ0) is 14.0. The average molecular weight is 262 g/mol. The fraction of sp³-hybridized carbons (Fsp3) is 0.533. The monoisotopic (exact) mass is 262 g/mol. The molecular weight excluding hydrogens is 240 g/mol. The minimum atomic E-state index is -0.504. The average Bonchev–Trinajstić information content (AvgIpc) is 2.40. The van der Waals surface area contributed by atoms with E-state index in [-0.39, 0.29) is 5.91 Å². The second-order valence-electron chi connectivity index (χ2n) is 5.42. The summed E-state index contributed by atoms with van der Waals surface area (Å²) >= 11 is 0. The van der Waals surface area contributed by atoms with E-state index in [2.05, 4.69) is 19.2 Å². The minimum Gasteiger partial charge on any atom is -0.387 e. The van der Waals surface area contributed by atoms with Crippen LogP contribution in [0.5, 0.6) is 0 Å². The van der Waals surface area contributed by atoms with E-state index < -0.39 is 6.10 Å². The van der Waals surface area contributed by atoms with Crippen LogP contribution in [0, 0.1) is 0 Å². The molecule has 0 aliphatic carbocycles. The maximum atomic E-state index is 11.6. The molecule has 0 radical (unpaired) electrons. The van der Waals surface area contributed by atoms with Gasteiger partial charge in [-0.25, -0.2) is 0 Å². The number of hydrogen-bond donors (Lipinski definition) is 2. The highest BCUT2D eigenvalue weighted by molar-refractivity contribution is 5.95. The fourth-order valence-corrected chi connectivity index (χ4v) is 2.35. The first-order valence-corrected chi connectivity index (χ1v) is 6.80. The van der Waals surface area contributed by atoms with Gasteiger partial charge in [-0.3, -0.25) is 4.79 Å². The van der Waals surface area contributed by atoms with E-state index in [1.54, 1.807) is 11.9 Å². The second-order valence-corrected chi connectivity index (χ2v) is 5.42. The molecule has 1 aromatic carbocycles. The van der Waals surface area contributed by atoms with Crippen LogP contribution < -0.4 is 10.2 Å². The Labute approximate surface area is 114 Å². The largest absolute Gasteiger partial charge is 0.387 e. The standard InChI is InChI=1S/C15H22N2O2/c1-10(2)16-9-14(18)12-4-6-13-11(8-12)5-7-15(19)17(13)3/h4,6,8,10,14,16,18H,5,7,9H2,1-3H3. The first kappa shape index (κ1) is 14.0. The molecule has 2 N–H and O–H groups in total. The highest BCUT2D eigenvalue weighted by atomic mass is 16.3. The van der Waals surface area contributed by atoms with E-state index in [1.807, 2.05) is 18.2 Å². The predicted octanol–water partition coefficient (Wildman–Crippen LogP) is 1.63.